The second-order valence-corrected chi connectivity index (χ2v) is 6.56. The Kier molecular flexibility index (Phi) is 4.46. The number of amides is 1. The largest absolute Gasteiger partial charge is 0.311 e. The number of fused-ring (bicyclic) bond motifs is 1. The van der Waals surface area contributed by atoms with Crippen molar-refractivity contribution in [2.45, 2.75) is 20.3 Å². The van der Waals surface area contributed by atoms with Gasteiger partial charge in [0.1, 0.15) is 0 Å². The van der Waals surface area contributed by atoms with Crippen LogP contribution in [0.3, 0.4) is 0 Å². The minimum atomic E-state index is -3.34. The third kappa shape index (κ3) is 2.99. The number of benzene rings is 1. The molecule has 0 bridgehead atoms. The first-order valence-corrected chi connectivity index (χ1v) is 8.33. The molecular formula is C13H18N4O3S. The molecule has 7 nitrogen and oxygen atoms in total. The Morgan fingerprint density at radius 1 is 1.38 bits per heavy atom. The van der Waals surface area contributed by atoms with Crippen LogP contribution in [0.4, 0.5) is 11.5 Å². The Balaban J connectivity index is 2.49. The van der Waals surface area contributed by atoms with Gasteiger partial charge in [-0.3, -0.25) is 14.2 Å². The van der Waals surface area contributed by atoms with Gasteiger partial charge in [0.15, 0.2) is 5.82 Å². The highest BCUT2D eigenvalue weighted by atomic mass is 32.2. The summed E-state index contributed by atoms with van der Waals surface area (Å²) in [5.41, 5.74) is 1.29. The second-order valence-electron chi connectivity index (χ2n) is 4.55. The van der Waals surface area contributed by atoms with Crippen molar-refractivity contribution in [3.63, 3.8) is 0 Å². The van der Waals surface area contributed by atoms with Gasteiger partial charge in [0.05, 0.1) is 17.0 Å². The van der Waals surface area contributed by atoms with Gasteiger partial charge in [0, 0.05) is 11.9 Å². The van der Waals surface area contributed by atoms with E-state index in [1.54, 1.807) is 25.1 Å². The molecule has 2 aromatic rings. The summed E-state index contributed by atoms with van der Waals surface area (Å²) < 4.78 is 25.9. The first-order valence-electron chi connectivity index (χ1n) is 6.72. The summed E-state index contributed by atoms with van der Waals surface area (Å²) in [6.45, 7) is 3.97. The molecule has 0 spiro atoms. The summed E-state index contributed by atoms with van der Waals surface area (Å²) in [6, 6.07) is 5.18. The number of carbonyl (C=O) groups is 1. The van der Waals surface area contributed by atoms with Crippen molar-refractivity contribution < 1.29 is 13.2 Å². The fraction of sp³-hybridized carbons (Fsp3) is 0.385. The minimum Gasteiger partial charge on any atom is -0.311 e. The number of rotatable bonds is 7. The summed E-state index contributed by atoms with van der Waals surface area (Å²) >= 11 is 0. The quantitative estimate of drug-likeness (QED) is 0.761. The standard InChI is InChI=1S/C13H18N4O3S/c1-3-7-21(19,20)17(4-2)10-5-6-12-11(8-10)13(14-9-18)16-15-12/h5-6,8-9H,3-4,7H2,1-2H3,(H2,14,15,16,18). The number of hydrogen-bond acceptors (Lipinski definition) is 4. The topological polar surface area (TPSA) is 95.2 Å². The highest BCUT2D eigenvalue weighted by Crippen LogP contribution is 2.27. The van der Waals surface area contributed by atoms with Gasteiger partial charge in [-0.25, -0.2) is 8.42 Å². The maximum Gasteiger partial charge on any atom is 0.235 e. The fourth-order valence-corrected chi connectivity index (χ4v) is 3.80. The molecular weight excluding hydrogens is 292 g/mol. The molecule has 0 aliphatic carbocycles. The zero-order chi connectivity index (χ0) is 15.5. The number of anilines is 2. The normalized spacial score (nSPS) is 11.5. The molecule has 0 radical (unpaired) electrons. The van der Waals surface area contributed by atoms with Crippen LogP contribution < -0.4 is 9.62 Å². The summed E-state index contributed by atoms with van der Waals surface area (Å²) in [6.07, 6.45) is 1.10. The van der Waals surface area contributed by atoms with Crippen molar-refractivity contribution in [1.29, 1.82) is 0 Å². The smallest absolute Gasteiger partial charge is 0.235 e. The number of sulfonamides is 1. The molecule has 0 aliphatic heterocycles. The Bertz CT molecular complexity index is 739. The lowest BCUT2D eigenvalue weighted by Crippen LogP contribution is -2.32. The van der Waals surface area contributed by atoms with E-state index in [-0.39, 0.29) is 5.75 Å². The van der Waals surface area contributed by atoms with Crippen molar-refractivity contribution in [3.05, 3.63) is 18.2 Å². The number of carbonyl (C=O) groups excluding carboxylic acids is 1. The molecule has 0 unspecified atom stereocenters. The van der Waals surface area contributed by atoms with E-state index in [4.69, 9.17) is 0 Å². The molecule has 0 saturated heterocycles. The lowest BCUT2D eigenvalue weighted by atomic mass is 10.2. The van der Waals surface area contributed by atoms with Gasteiger partial charge >= 0.3 is 0 Å². The summed E-state index contributed by atoms with van der Waals surface area (Å²) in [4.78, 5) is 10.6. The highest BCUT2D eigenvalue weighted by Gasteiger charge is 2.20. The van der Waals surface area contributed by atoms with Crippen LogP contribution in [0.2, 0.25) is 0 Å². The molecule has 0 fully saturated rings. The fourth-order valence-electron chi connectivity index (χ4n) is 2.23. The van der Waals surface area contributed by atoms with Gasteiger partial charge < -0.3 is 5.32 Å². The molecule has 114 valence electrons. The molecule has 0 saturated carbocycles. The number of aromatic nitrogens is 2. The van der Waals surface area contributed by atoms with E-state index in [0.717, 1.165) is 5.52 Å². The van der Waals surface area contributed by atoms with Crippen LogP contribution >= 0.6 is 0 Å². The third-order valence-electron chi connectivity index (χ3n) is 3.12. The number of nitrogens with one attached hydrogen (secondary N) is 2. The van der Waals surface area contributed by atoms with Crippen LogP contribution in [0, 0.1) is 0 Å². The zero-order valence-electron chi connectivity index (χ0n) is 12.0. The van der Waals surface area contributed by atoms with Crippen molar-refractivity contribution in [2.75, 3.05) is 21.9 Å². The molecule has 0 aliphatic rings. The highest BCUT2D eigenvalue weighted by molar-refractivity contribution is 7.92. The molecule has 1 aromatic heterocycles. The van der Waals surface area contributed by atoms with Crippen LogP contribution in [-0.4, -0.2) is 37.3 Å². The Morgan fingerprint density at radius 3 is 2.76 bits per heavy atom. The summed E-state index contributed by atoms with van der Waals surface area (Å²) in [7, 11) is -3.34. The molecule has 8 heteroatoms. The van der Waals surface area contributed by atoms with Crippen LogP contribution in [-0.2, 0) is 14.8 Å². The van der Waals surface area contributed by atoms with Crippen LogP contribution in [0.5, 0.6) is 0 Å². The average Bonchev–Trinajstić information content (AvgIpc) is 2.82. The van der Waals surface area contributed by atoms with Gasteiger partial charge in [-0.15, -0.1) is 0 Å². The molecule has 0 atom stereocenters. The maximum atomic E-state index is 12.3. The van der Waals surface area contributed by atoms with Crippen molar-refractivity contribution in [3.8, 4) is 0 Å². The van der Waals surface area contributed by atoms with Gasteiger partial charge in [-0.2, -0.15) is 5.10 Å². The Morgan fingerprint density at radius 2 is 2.14 bits per heavy atom. The van der Waals surface area contributed by atoms with E-state index in [2.05, 4.69) is 15.5 Å². The zero-order valence-corrected chi connectivity index (χ0v) is 12.8. The van der Waals surface area contributed by atoms with Crippen LogP contribution in [0.25, 0.3) is 10.9 Å². The van der Waals surface area contributed by atoms with Crippen molar-refractivity contribution >= 4 is 38.8 Å². The third-order valence-corrected chi connectivity index (χ3v) is 5.18. The van der Waals surface area contributed by atoms with Gasteiger partial charge in [0.25, 0.3) is 0 Å². The number of H-pyrrole nitrogens is 1. The molecule has 1 amide bonds. The first-order chi connectivity index (χ1) is 10.0. The number of hydrogen-bond donors (Lipinski definition) is 2. The monoisotopic (exact) mass is 310 g/mol. The molecule has 1 heterocycles. The van der Waals surface area contributed by atoms with E-state index in [1.807, 2.05) is 6.92 Å². The summed E-state index contributed by atoms with van der Waals surface area (Å²) in [5.74, 6) is 0.481. The predicted molar refractivity (Wildman–Crippen MR) is 82.9 cm³/mol. The minimum absolute atomic E-state index is 0.101. The molecule has 2 rings (SSSR count). The lowest BCUT2D eigenvalue weighted by molar-refractivity contribution is -0.105. The second kappa shape index (κ2) is 6.13. The Labute approximate surface area is 123 Å². The van der Waals surface area contributed by atoms with Crippen LogP contribution in [0.1, 0.15) is 20.3 Å². The molecule has 2 N–H and O–H groups in total. The van der Waals surface area contributed by atoms with E-state index < -0.39 is 10.0 Å². The molecule has 1 aromatic carbocycles. The average molecular weight is 310 g/mol. The number of nitrogens with zero attached hydrogens (tertiary/aromatic N) is 2. The van der Waals surface area contributed by atoms with Crippen molar-refractivity contribution in [1.82, 2.24) is 10.2 Å². The van der Waals surface area contributed by atoms with Gasteiger partial charge in [-0.1, -0.05) is 6.92 Å². The van der Waals surface area contributed by atoms with E-state index >= 15 is 0 Å². The molecule has 21 heavy (non-hydrogen) atoms. The van der Waals surface area contributed by atoms with E-state index in [1.165, 1.54) is 4.31 Å². The maximum absolute atomic E-state index is 12.3. The lowest BCUT2D eigenvalue weighted by Gasteiger charge is -2.22. The Hall–Kier alpha value is -2.09. The first kappa shape index (κ1) is 15.3. The van der Waals surface area contributed by atoms with E-state index in [9.17, 15) is 13.2 Å². The predicted octanol–water partition coefficient (Wildman–Crippen LogP) is 1.70. The number of aromatic amines is 1. The van der Waals surface area contributed by atoms with Crippen LogP contribution in [0.15, 0.2) is 18.2 Å². The van der Waals surface area contributed by atoms with E-state index in [0.29, 0.717) is 36.3 Å². The SMILES string of the molecule is CCCS(=O)(=O)N(CC)c1ccc2[nH]nc(NC=O)c2c1. The van der Waals surface area contributed by atoms with Gasteiger partial charge in [-0.05, 0) is 31.5 Å². The van der Waals surface area contributed by atoms with Crippen molar-refractivity contribution in [2.24, 2.45) is 0 Å². The van der Waals surface area contributed by atoms with Gasteiger partial charge in [0.2, 0.25) is 16.4 Å². The summed E-state index contributed by atoms with van der Waals surface area (Å²) in [5, 5.41) is 9.91.